The molecule has 140 valence electrons. The summed E-state index contributed by atoms with van der Waals surface area (Å²) in [7, 11) is 0. The molecule has 0 spiro atoms. The molecule has 2 heterocycles. The lowest BCUT2D eigenvalue weighted by atomic mass is 10.1. The zero-order valence-electron chi connectivity index (χ0n) is 15.2. The van der Waals surface area contributed by atoms with Crippen molar-refractivity contribution in [2.24, 2.45) is 0 Å². The summed E-state index contributed by atoms with van der Waals surface area (Å²) in [4.78, 5) is 24.7. The second-order valence-electron chi connectivity index (χ2n) is 6.36. The molecule has 7 nitrogen and oxygen atoms in total. The van der Waals surface area contributed by atoms with Crippen molar-refractivity contribution in [3.8, 4) is 0 Å². The second-order valence-corrected chi connectivity index (χ2v) is 6.36. The summed E-state index contributed by atoms with van der Waals surface area (Å²) in [5.41, 5.74) is 7.63. The highest BCUT2D eigenvalue weighted by Gasteiger charge is 2.18. The van der Waals surface area contributed by atoms with Gasteiger partial charge >= 0.3 is 5.91 Å². The van der Waals surface area contributed by atoms with E-state index in [9.17, 15) is 9.59 Å². The molecule has 2 amide bonds. The van der Waals surface area contributed by atoms with E-state index in [1.165, 1.54) is 0 Å². The number of nitrogens with one attached hydrogen (secondary N) is 2. The first kappa shape index (κ1) is 17.5. The number of rotatable bonds is 4. The van der Waals surface area contributed by atoms with Crippen molar-refractivity contribution >= 4 is 22.8 Å². The molecule has 4 aromatic rings. The summed E-state index contributed by atoms with van der Waals surface area (Å²) < 4.78 is 7.39. The molecule has 2 aromatic heterocycles. The molecule has 0 aliphatic carbocycles. The first-order chi connectivity index (χ1) is 13.6. The standard InChI is InChI=1S/C21H18N4O3/c1-14-17-5-2-3-6-18(17)28-19(14)21(27)24-23-20(26)16-9-7-15(8-10-16)13-25-12-4-11-22-25/h2-12H,13H2,1H3,(H,23,26)(H,24,27). The third kappa shape index (κ3) is 3.50. The molecule has 0 saturated heterocycles. The van der Waals surface area contributed by atoms with E-state index in [0.29, 0.717) is 17.7 Å². The van der Waals surface area contributed by atoms with Gasteiger partial charge in [0, 0.05) is 28.9 Å². The molecular formula is C21H18N4O3. The third-order valence-corrected chi connectivity index (χ3v) is 4.46. The Balaban J connectivity index is 1.39. The van der Waals surface area contributed by atoms with Gasteiger partial charge in [-0.25, -0.2) is 0 Å². The molecule has 28 heavy (non-hydrogen) atoms. The van der Waals surface area contributed by atoms with Crippen molar-refractivity contribution < 1.29 is 14.0 Å². The highest BCUT2D eigenvalue weighted by atomic mass is 16.3. The van der Waals surface area contributed by atoms with Crippen LogP contribution in [0, 0.1) is 6.92 Å². The van der Waals surface area contributed by atoms with Crippen molar-refractivity contribution in [1.82, 2.24) is 20.6 Å². The Labute approximate surface area is 160 Å². The zero-order chi connectivity index (χ0) is 19.5. The number of carbonyl (C=O) groups excluding carboxylic acids is 2. The van der Waals surface area contributed by atoms with Crippen LogP contribution in [0.1, 0.15) is 32.0 Å². The van der Waals surface area contributed by atoms with Gasteiger partial charge in [0.1, 0.15) is 5.58 Å². The Bertz CT molecular complexity index is 1130. The van der Waals surface area contributed by atoms with Crippen molar-refractivity contribution in [3.63, 3.8) is 0 Å². The van der Waals surface area contributed by atoms with Gasteiger partial charge in [-0.15, -0.1) is 0 Å². The Hall–Kier alpha value is -3.87. The Kier molecular flexibility index (Phi) is 4.63. The van der Waals surface area contributed by atoms with E-state index >= 15 is 0 Å². The maximum absolute atomic E-state index is 12.4. The van der Waals surface area contributed by atoms with Gasteiger partial charge in [-0.1, -0.05) is 30.3 Å². The SMILES string of the molecule is Cc1c(C(=O)NNC(=O)c2ccc(Cn3cccn3)cc2)oc2ccccc12. The molecule has 0 fully saturated rings. The minimum atomic E-state index is -0.502. The number of aryl methyl sites for hydroxylation is 1. The Morgan fingerprint density at radius 1 is 1.00 bits per heavy atom. The fraction of sp³-hybridized carbons (Fsp3) is 0.0952. The van der Waals surface area contributed by atoms with Crippen molar-refractivity contribution in [2.45, 2.75) is 13.5 Å². The number of fused-ring (bicyclic) bond motifs is 1. The third-order valence-electron chi connectivity index (χ3n) is 4.46. The number of para-hydroxylation sites is 1. The summed E-state index contributed by atoms with van der Waals surface area (Å²) in [6.45, 7) is 2.43. The number of hydrazine groups is 1. The zero-order valence-corrected chi connectivity index (χ0v) is 15.2. The van der Waals surface area contributed by atoms with E-state index in [-0.39, 0.29) is 5.76 Å². The van der Waals surface area contributed by atoms with E-state index in [1.54, 1.807) is 36.0 Å². The molecule has 0 bridgehead atoms. The average Bonchev–Trinajstić information content (AvgIpc) is 3.35. The minimum Gasteiger partial charge on any atom is -0.451 e. The van der Waals surface area contributed by atoms with Crippen LogP contribution >= 0.6 is 0 Å². The molecule has 0 unspecified atom stereocenters. The van der Waals surface area contributed by atoms with Crippen LogP contribution in [0.15, 0.2) is 71.4 Å². The van der Waals surface area contributed by atoms with Crippen molar-refractivity contribution in [2.75, 3.05) is 0 Å². The number of amides is 2. The van der Waals surface area contributed by atoms with E-state index in [4.69, 9.17) is 4.42 Å². The van der Waals surface area contributed by atoms with Crippen LogP contribution in [0.5, 0.6) is 0 Å². The first-order valence-electron chi connectivity index (χ1n) is 8.77. The summed E-state index contributed by atoms with van der Waals surface area (Å²) in [5.74, 6) is -0.735. The predicted octanol–water partition coefficient (Wildman–Crippen LogP) is 3.06. The Morgan fingerprint density at radius 2 is 1.75 bits per heavy atom. The maximum atomic E-state index is 12.4. The van der Waals surface area contributed by atoms with E-state index in [0.717, 1.165) is 16.5 Å². The first-order valence-corrected chi connectivity index (χ1v) is 8.77. The van der Waals surface area contributed by atoms with Crippen LogP contribution in [-0.2, 0) is 6.54 Å². The molecule has 2 aromatic carbocycles. The smallest absolute Gasteiger partial charge is 0.305 e. The number of carbonyl (C=O) groups is 2. The highest BCUT2D eigenvalue weighted by Crippen LogP contribution is 2.24. The molecule has 0 saturated carbocycles. The molecule has 7 heteroatoms. The lowest BCUT2D eigenvalue weighted by Crippen LogP contribution is -2.41. The van der Waals surface area contributed by atoms with Crippen molar-refractivity contribution in [3.05, 3.63) is 89.4 Å². The molecule has 2 N–H and O–H groups in total. The van der Waals surface area contributed by atoms with Gasteiger partial charge < -0.3 is 4.42 Å². The molecule has 0 aliphatic rings. The predicted molar refractivity (Wildman–Crippen MR) is 104 cm³/mol. The van der Waals surface area contributed by atoms with E-state index in [1.807, 2.05) is 42.6 Å². The van der Waals surface area contributed by atoms with Gasteiger partial charge in [0.15, 0.2) is 5.76 Å². The maximum Gasteiger partial charge on any atom is 0.305 e. The highest BCUT2D eigenvalue weighted by molar-refractivity contribution is 6.01. The van der Waals surface area contributed by atoms with Crippen LogP contribution in [0.2, 0.25) is 0 Å². The van der Waals surface area contributed by atoms with Gasteiger partial charge in [0.05, 0.1) is 6.54 Å². The molecule has 0 atom stereocenters. The number of nitrogens with zero attached hydrogens (tertiary/aromatic N) is 2. The van der Waals surface area contributed by atoms with Crippen LogP contribution in [-0.4, -0.2) is 21.6 Å². The number of furan rings is 1. The van der Waals surface area contributed by atoms with E-state index in [2.05, 4.69) is 16.0 Å². The molecule has 0 radical (unpaired) electrons. The number of hydrogen-bond donors (Lipinski definition) is 2. The summed E-state index contributed by atoms with van der Waals surface area (Å²) >= 11 is 0. The van der Waals surface area contributed by atoms with Gasteiger partial charge in [-0.3, -0.25) is 25.1 Å². The Morgan fingerprint density at radius 3 is 2.46 bits per heavy atom. The molecular weight excluding hydrogens is 356 g/mol. The monoisotopic (exact) mass is 374 g/mol. The minimum absolute atomic E-state index is 0.177. The topological polar surface area (TPSA) is 89.2 Å². The largest absolute Gasteiger partial charge is 0.451 e. The van der Waals surface area contributed by atoms with E-state index < -0.39 is 11.8 Å². The van der Waals surface area contributed by atoms with Gasteiger partial charge in [-0.2, -0.15) is 5.10 Å². The molecule has 4 rings (SSSR count). The fourth-order valence-corrected chi connectivity index (χ4v) is 2.98. The molecule has 0 aliphatic heterocycles. The van der Waals surface area contributed by atoms with Gasteiger partial charge in [0.2, 0.25) is 0 Å². The lowest BCUT2D eigenvalue weighted by Gasteiger charge is -2.07. The van der Waals surface area contributed by atoms with Crippen molar-refractivity contribution in [1.29, 1.82) is 0 Å². The van der Waals surface area contributed by atoms with Crippen LogP contribution in [0.25, 0.3) is 11.0 Å². The summed E-state index contributed by atoms with van der Waals surface area (Å²) in [6, 6.07) is 16.4. The average molecular weight is 374 g/mol. The summed E-state index contributed by atoms with van der Waals surface area (Å²) in [5, 5.41) is 5.02. The van der Waals surface area contributed by atoms with Crippen LogP contribution < -0.4 is 10.9 Å². The quantitative estimate of drug-likeness (QED) is 0.537. The number of aromatic nitrogens is 2. The number of hydrogen-bond acceptors (Lipinski definition) is 4. The van der Waals surface area contributed by atoms with Crippen LogP contribution in [0.4, 0.5) is 0 Å². The normalized spacial score (nSPS) is 10.8. The number of benzene rings is 2. The second kappa shape index (κ2) is 7.40. The van der Waals surface area contributed by atoms with Gasteiger partial charge in [-0.05, 0) is 36.8 Å². The summed E-state index contributed by atoms with van der Waals surface area (Å²) in [6.07, 6.45) is 3.59. The van der Waals surface area contributed by atoms with Crippen LogP contribution in [0.3, 0.4) is 0 Å². The van der Waals surface area contributed by atoms with Gasteiger partial charge in [0.25, 0.3) is 5.91 Å². The lowest BCUT2D eigenvalue weighted by molar-refractivity contribution is 0.0831. The fourth-order valence-electron chi connectivity index (χ4n) is 2.98.